The second kappa shape index (κ2) is 44.0. The van der Waals surface area contributed by atoms with Crippen LogP contribution in [0.2, 0.25) is 38.2 Å². The Bertz CT molecular complexity index is 5230. The molecule has 4 atom stereocenters. The summed E-state index contributed by atoms with van der Waals surface area (Å²) < 4.78 is 24.3. The molecular formula is C86H112Cl4N18O13Si. The molecule has 31 nitrogen and oxygen atoms in total. The van der Waals surface area contributed by atoms with Crippen LogP contribution in [0.3, 0.4) is 0 Å². The molecule has 0 saturated carbocycles. The number of aliphatic hydroxyl groups is 4. The average molecular weight is 1780 g/mol. The number of carbonyl (C=O) groups is 6. The number of nitrogens with zero attached hydrogens (tertiary/aromatic N) is 13. The van der Waals surface area contributed by atoms with Gasteiger partial charge in [-0.2, -0.15) is 20.4 Å². The molecule has 5 aromatic carbocycles. The molecule has 8 heterocycles. The van der Waals surface area contributed by atoms with Crippen molar-refractivity contribution in [2.45, 2.75) is 170 Å². The van der Waals surface area contributed by atoms with Crippen molar-refractivity contribution < 1.29 is 63.1 Å². The number of benzene rings is 5. The molecule has 4 unspecified atom stereocenters. The van der Waals surface area contributed by atoms with E-state index in [4.69, 9.17) is 101 Å². The van der Waals surface area contributed by atoms with Crippen LogP contribution in [0.4, 0.5) is 21.0 Å². The van der Waals surface area contributed by atoms with Crippen molar-refractivity contribution in [3.05, 3.63) is 209 Å². The number of carbonyl (C=O) groups excluding carboxylic acids is 6. The number of aliphatic hydroxyl groups excluding tert-OH is 4. The number of hydrogen-bond donors (Lipinski definition) is 9. The first kappa shape index (κ1) is 100. The second-order valence-electron chi connectivity index (χ2n) is 31.5. The first-order chi connectivity index (χ1) is 57.2. The van der Waals surface area contributed by atoms with Crippen molar-refractivity contribution in [3.63, 3.8) is 0 Å². The lowest BCUT2D eigenvalue weighted by Gasteiger charge is -2.40. The van der Waals surface area contributed by atoms with Crippen LogP contribution < -0.4 is 28.3 Å². The Morgan fingerprint density at radius 2 is 0.852 bits per heavy atom. The number of amides is 6. The maximum atomic E-state index is 13.0. The molecule has 13 N–H and O–H groups in total. The summed E-state index contributed by atoms with van der Waals surface area (Å²) in [6, 6.07) is 33.6. The van der Waals surface area contributed by atoms with Crippen LogP contribution in [-0.2, 0) is 51.3 Å². The van der Waals surface area contributed by atoms with E-state index in [0.717, 1.165) is 23.8 Å². The number of primary amides is 3. The number of ether oxygens (including phenoxy) is 2. The number of halogens is 4. The van der Waals surface area contributed by atoms with Gasteiger partial charge in [0.05, 0.1) is 135 Å². The average Bonchev–Trinajstić information content (AvgIpc) is 1.61. The van der Waals surface area contributed by atoms with E-state index in [9.17, 15) is 44.1 Å². The molecule has 656 valence electrons. The largest absolute Gasteiger partial charge is 0.444 e. The second-order valence-corrected chi connectivity index (χ2v) is 38.1. The van der Waals surface area contributed by atoms with E-state index in [2.05, 4.69) is 69.9 Å². The Balaban J connectivity index is 0.000000249. The van der Waals surface area contributed by atoms with Crippen LogP contribution in [0.25, 0.3) is 54.7 Å². The summed E-state index contributed by atoms with van der Waals surface area (Å²) in [6.45, 7) is 43.0. The first-order valence-corrected chi connectivity index (χ1v) is 43.3. The van der Waals surface area contributed by atoms with Gasteiger partial charge in [-0.05, 0) is 126 Å². The molecule has 0 bridgehead atoms. The quantitative estimate of drug-likeness (QED) is 0.0340. The lowest BCUT2D eigenvalue weighted by atomic mass is 10.0. The Kier molecular flexibility index (Phi) is 36.1. The first-order valence-electron chi connectivity index (χ1n) is 38.9. The molecular weight excluding hydrogens is 1660 g/mol. The molecule has 9 aromatic rings. The molecule has 13 rings (SSSR count). The summed E-state index contributed by atoms with van der Waals surface area (Å²) in [5, 5.41) is 60.0. The lowest BCUT2D eigenvalue weighted by Crippen LogP contribution is -2.47. The third-order valence-corrected chi connectivity index (χ3v) is 25.2. The van der Waals surface area contributed by atoms with Crippen LogP contribution in [0.5, 0.6) is 0 Å². The number of aromatic nitrogens is 8. The lowest BCUT2D eigenvalue weighted by molar-refractivity contribution is -0.132. The van der Waals surface area contributed by atoms with E-state index in [0.29, 0.717) is 120 Å². The highest BCUT2D eigenvalue weighted by molar-refractivity contribution is 6.74. The molecule has 0 radical (unpaired) electrons. The number of fused-ring (bicyclic) bond motifs is 4. The van der Waals surface area contributed by atoms with Crippen molar-refractivity contribution >= 4 is 102 Å². The van der Waals surface area contributed by atoms with E-state index in [-0.39, 0.29) is 101 Å². The Morgan fingerprint density at radius 3 is 1.21 bits per heavy atom. The van der Waals surface area contributed by atoms with Crippen molar-refractivity contribution in [1.29, 1.82) is 0 Å². The van der Waals surface area contributed by atoms with E-state index in [1.807, 2.05) is 57.5 Å². The molecule has 4 aliphatic heterocycles. The van der Waals surface area contributed by atoms with Gasteiger partial charge in [-0.3, -0.25) is 37.9 Å². The summed E-state index contributed by atoms with van der Waals surface area (Å²) in [4.78, 5) is 86.9. The molecule has 122 heavy (non-hydrogen) atoms. The standard InChI is InChI=1S/C25H35ClN4O3Si.C23H20ClN5O3.C19H23ClN4O4.C14H15ClN4O2.C2H6.CH5N.CH4O.CH4/c1-24(2,3)33-23(31)29-14-19(16-32-34(8,9)25(4,5)6)30-20(15-29)22(27-7)21(28-30)17-11-10-12-18(26)13-17;1-26-17-7-5-14(6-8-17)9-20(31)28-11-18(13-30)29-19(12-28)21(23(25)32)22(27-29)15-3-2-4-16(24)10-15;1-19(2,3)28-18(27)23-8-13(10-25)24-14(9-23)15(17(21)26)16(22-24)11-5-4-6-12(20)7-11;15-9-3-1-2-8(4-9)13-12(14(16)21)11-6-17-5-10(7-20)19(11)18-13;3*1-2;/h10-13,19H,14-16H2,1-6,8-9H3;2-8,10,18,30H,9,11-13H2,(H2,25,32);4-7,13,25H,8-10H2,1-3H3,(H2,21,26);1-4,10,17,20H,5-7H2,(H2,16,21);1-2H3;2H2,1H3;2H,1H3;1H4. The maximum absolute atomic E-state index is 13.0. The summed E-state index contributed by atoms with van der Waals surface area (Å²) in [5.74, 6) is -2.03. The summed E-state index contributed by atoms with van der Waals surface area (Å²) >= 11 is 24.4. The highest BCUT2D eigenvalue weighted by Gasteiger charge is 2.42. The molecule has 0 aliphatic carbocycles. The van der Waals surface area contributed by atoms with E-state index in [1.165, 1.54) is 11.9 Å². The maximum Gasteiger partial charge on any atom is 0.410 e. The molecule has 0 spiro atoms. The highest BCUT2D eigenvalue weighted by atomic mass is 35.5. The number of hydrogen-bond acceptors (Lipinski definition) is 19. The zero-order chi connectivity index (χ0) is 89.9. The van der Waals surface area contributed by atoms with Gasteiger partial charge in [0.25, 0.3) is 17.7 Å². The van der Waals surface area contributed by atoms with E-state index >= 15 is 0 Å². The van der Waals surface area contributed by atoms with Gasteiger partial charge in [-0.25, -0.2) is 19.3 Å². The fourth-order valence-electron chi connectivity index (χ4n) is 13.3. The number of rotatable bonds is 15. The Labute approximate surface area is 733 Å². The smallest absolute Gasteiger partial charge is 0.410 e. The van der Waals surface area contributed by atoms with Crippen LogP contribution in [0.15, 0.2) is 121 Å². The normalized spacial score (nSPS) is 15.6. The van der Waals surface area contributed by atoms with Gasteiger partial charge in [-0.15, -0.1) is 0 Å². The topological polar surface area (TPSA) is 417 Å². The van der Waals surface area contributed by atoms with Crippen LogP contribution >= 0.6 is 46.4 Å². The SMILES string of the molecule is C.CC.CC(C)(C)OC(=O)N1Cc2c(C(N)=O)c(-c3cccc(Cl)c3)nn2C(CO)C1.CN.CO.NC(=O)c1c(-c2cccc(Cl)c2)nn2c1CNCC2CO.[C-]#[N+]c1c(-c2cccc(Cl)c2)nn2c1CN(C(=O)OC(C)(C)C)CC2CO[Si](C)(C)C(C)(C)C.[C-]#[N+]c1ccc(CC(=O)N2Cc3c(C(N)=O)c(-c4cccc(Cl)c4)nn3C(CO)C2)cc1. The van der Waals surface area contributed by atoms with E-state index < -0.39 is 61.5 Å². The van der Waals surface area contributed by atoms with Gasteiger partial charge in [-0.1, -0.05) is 161 Å². The minimum atomic E-state index is -2.04. The van der Waals surface area contributed by atoms with Crippen molar-refractivity contribution in [1.82, 2.24) is 59.1 Å². The Morgan fingerprint density at radius 1 is 0.508 bits per heavy atom. The predicted octanol–water partition coefficient (Wildman–Crippen LogP) is 14.4. The summed E-state index contributed by atoms with van der Waals surface area (Å²) in [5.41, 5.74) is 29.5. The van der Waals surface area contributed by atoms with Crippen molar-refractivity contribution in [3.8, 4) is 45.0 Å². The van der Waals surface area contributed by atoms with Gasteiger partial charge in [0.15, 0.2) is 14.0 Å². The monoisotopic (exact) mass is 1770 g/mol. The zero-order valence-electron chi connectivity index (χ0n) is 70.6. The zero-order valence-corrected chi connectivity index (χ0v) is 74.7. The van der Waals surface area contributed by atoms with Gasteiger partial charge in [0, 0.05) is 76.6 Å². The molecule has 4 aliphatic rings. The summed E-state index contributed by atoms with van der Waals surface area (Å²) in [6.07, 6.45) is -0.798. The number of nitrogens with one attached hydrogen (secondary N) is 1. The fourth-order valence-corrected chi connectivity index (χ4v) is 15.1. The predicted molar refractivity (Wildman–Crippen MR) is 476 cm³/mol. The third-order valence-electron chi connectivity index (χ3n) is 19.8. The molecule has 4 aromatic heterocycles. The van der Waals surface area contributed by atoms with Gasteiger partial charge in [0.1, 0.15) is 28.3 Å². The number of nitrogens with two attached hydrogens (primary N) is 4. The molecule has 36 heteroatoms. The van der Waals surface area contributed by atoms with Crippen LogP contribution in [0, 0.1) is 13.1 Å². The van der Waals surface area contributed by atoms with E-state index in [1.54, 1.807) is 148 Å². The fraction of sp³-hybridized carbons (Fsp3) is 0.419. The minimum absolute atomic E-state index is 0. The molecule has 0 fully saturated rings. The van der Waals surface area contributed by atoms with Crippen molar-refractivity contribution in [2.75, 3.05) is 66.8 Å². The minimum Gasteiger partial charge on any atom is -0.444 e. The van der Waals surface area contributed by atoms with Crippen molar-refractivity contribution in [2.24, 2.45) is 22.9 Å². The molecule has 6 amide bonds. The molecule has 0 saturated heterocycles. The van der Waals surface area contributed by atoms with Gasteiger partial charge < -0.3 is 77.3 Å². The Hall–Kier alpha value is -10.6. The van der Waals surface area contributed by atoms with Crippen LogP contribution in [0.1, 0.15) is 167 Å². The summed E-state index contributed by atoms with van der Waals surface area (Å²) in [7, 11) is 0.462. The van der Waals surface area contributed by atoms with Gasteiger partial charge in [0.2, 0.25) is 11.6 Å². The third kappa shape index (κ3) is 24.7. The van der Waals surface area contributed by atoms with Crippen LogP contribution in [-0.4, -0.2) is 196 Å². The highest BCUT2D eigenvalue weighted by Crippen LogP contribution is 2.43. The van der Waals surface area contributed by atoms with Gasteiger partial charge >= 0.3 is 12.2 Å².